The van der Waals surface area contributed by atoms with Gasteiger partial charge in [0.05, 0.1) is 0 Å². The van der Waals surface area contributed by atoms with Crippen LogP contribution in [0.25, 0.3) is 0 Å². The van der Waals surface area contributed by atoms with Crippen LogP contribution in [0.1, 0.15) is 22.5 Å². The first-order chi connectivity index (χ1) is 6.66. The molecule has 0 atom stereocenters. The Labute approximate surface area is 79.8 Å². The van der Waals surface area contributed by atoms with Crippen LogP contribution in [0.15, 0.2) is 12.1 Å². The second kappa shape index (κ2) is 3.10. The summed E-state index contributed by atoms with van der Waals surface area (Å²) in [7, 11) is 0. The van der Waals surface area contributed by atoms with Crippen LogP contribution < -0.4 is 5.32 Å². The molecule has 0 aliphatic carbocycles. The van der Waals surface area contributed by atoms with E-state index in [1.165, 1.54) is 6.07 Å². The lowest BCUT2D eigenvalue weighted by atomic mass is 10.1. The highest BCUT2D eigenvalue weighted by Gasteiger charge is 2.17. The molecule has 0 saturated heterocycles. The number of carbonyl (C=O) groups excluding carboxylic acids is 1. The molecule has 2 heterocycles. The molecule has 0 bridgehead atoms. The number of nitrogens with zero attached hydrogens (tertiary/aromatic N) is 1. The fraction of sp³-hybridized carbons (Fsp3) is 0.222. The Morgan fingerprint density at radius 1 is 1.43 bits per heavy atom. The summed E-state index contributed by atoms with van der Waals surface area (Å²) in [6, 6.07) is 3.13. The number of carboxylic acids is 1. The number of pyridine rings is 1. The molecule has 0 aromatic carbocycles. The van der Waals surface area contributed by atoms with Crippen molar-refractivity contribution < 1.29 is 14.7 Å². The van der Waals surface area contributed by atoms with Crippen LogP contribution in [0.3, 0.4) is 0 Å². The Hall–Kier alpha value is -1.91. The van der Waals surface area contributed by atoms with Gasteiger partial charge < -0.3 is 10.4 Å². The number of hydrogen-bond donors (Lipinski definition) is 2. The first-order valence-electron chi connectivity index (χ1n) is 4.20. The first-order valence-corrected chi connectivity index (χ1v) is 4.20. The lowest BCUT2D eigenvalue weighted by molar-refractivity contribution is -0.116. The average Bonchev–Trinajstić information content (AvgIpc) is 2.16. The molecule has 1 aliphatic rings. The van der Waals surface area contributed by atoms with E-state index in [4.69, 9.17) is 5.11 Å². The van der Waals surface area contributed by atoms with Crippen molar-refractivity contribution in [2.75, 3.05) is 5.32 Å². The number of rotatable bonds is 1. The number of carboxylic acid groups (broad SMARTS) is 1. The van der Waals surface area contributed by atoms with E-state index in [1.54, 1.807) is 6.07 Å². The number of hydrogen-bond acceptors (Lipinski definition) is 3. The van der Waals surface area contributed by atoms with E-state index >= 15 is 0 Å². The lowest BCUT2D eigenvalue weighted by Gasteiger charge is -2.15. The van der Waals surface area contributed by atoms with Gasteiger partial charge in [-0.15, -0.1) is 0 Å². The Kier molecular flexibility index (Phi) is 1.92. The van der Waals surface area contributed by atoms with Gasteiger partial charge in [0.2, 0.25) is 5.91 Å². The average molecular weight is 192 g/mol. The van der Waals surface area contributed by atoms with Gasteiger partial charge >= 0.3 is 5.97 Å². The summed E-state index contributed by atoms with van der Waals surface area (Å²) < 4.78 is 0. The number of nitrogens with one attached hydrogen (secondary N) is 1. The van der Waals surface area contributed by atoms with Crippen molar-refractivity contribution in [3.05, 3.63) is 23.4 Å². The zero-order chi connectivity index (χ0) is 10.1. The Balaban J connectivity index is 2.42. The molecule has 1 amide bonds. The van der Waals surface area contributed by atoms with Gasteiger partial charge in [-0.2, -0.15) is 0 Å². The van der Waals surface area contributed by atoms with Crippen molar-refractivity contribution in [2.24, 2.45) is 0 Å². The molecule has 0 radical (unpaired) electrons. The predicted molar refractivity (Wildman–Crippen MR) is 48.1 cm³/mol. The fourth-order valence-corrected chi connectivity index (χ4v) is 1.36. The topological polar surface area (TPSA) is 79.3 Å². The van der Waals surface area contributed by atoms with Gasteiger partial charge in [0, 0.05) is 6.42 Å². The zero-order valence-corrected chi connectivity index (χ0v) is 7.28. The predicted octanol–water partition coefficient (Wildman–Crippen LogP) is 0.664. The molecule has 0 unspecified atom stereocenters. The van der Waals surface area contributed by atoms with E-state index in [2.05, 4.69) is 10.3 Å². The minimum Gasteiger partial charge on any atom is -0.477 e. The van der Waals surface area contributed by atoms with E-state index < -0.39 is 5.97 Å². The molecule has 72 valence electrons. The number of anilines is 1. The Morgan fingerprint density at radius 2 is 2.21 bits per heavy atom. The smallest absolute Gasteiger partial charge is 0.354 e. The first kappa shape index (κ1) is 8.68. The maximum Gasteiger partial charge on any atom is 0.354 e. The van der Waals surface area contributed by atoms with Crippen molar-refractivity contribution in [3.8, 4) is 0 Å². The van der Waals surface area contributed by atoms with Crippen molar-refractivity contribution >= 4 is 17.7 Å². The molecule has 14 heavy (non-hydrogen) atoms. The van der Waals surface area contributed by atoms with Gasteiger partial charge in [0.25, 0.3) is 0 Å². The number of aromatic carboxylic acids is 1. The molecule has 1 aromatic heterocycles. The van der Waals surface area contributed by atoms with E-state index in [0.717, 1.165) is 5.56 Å². The van der Waals surface area contributed by atoms with Gasteiger partial charge in [0.15, 0.2) is 5.69 Å². The van der Waals surface area contributed by atoms with Crippen LogP contribution in [0.2, 0.25) is 0 Å². The van der Waals surface area contributed by atoms with Crippen LogP contribution in [0.5, 0.6) is 0 Å². The van der Waals surface area contributed by atoms with Crippen molar-refractivity contribution in [3.63, 3.8) is 0 Å². The number of aromatic nitrogens is 1. The van der Waals surface area contributed by atoms with Crippen molar-refractivity contribution in [1.82, 2.24) is 4.98 Å². The monoisotopic (exact) mass is 192 g/mol. The molecule has 5 nitrogen and oxygen atoms in total. The summed E-state index contributed by atoms with van der Waals surface area (Å²) in [5.41, 5.74) is 0.834. The molecule has 1 aliphatic heterocycles. The second-order valence-corrected chi connectivity index (χ2v) is 3.06. The van der Waals surface area contributed by atoms with Crippen molar-refractivity contribution in [1.29, 1.82) is 0 Å². The molecule has 2 N–H and O–H groups in total. The maximum absolute atomic E-state index is 11.0. The van der Waals surface area contributed by atoms with Gasteiger partial charge in [0.1, 0.15) is 5.82 Å². The highest BCUT2D eigenvalue weighted by Crippen LogP contribution is 2.20. The minimum absolute atomic E-state index is 0.0500. The van der Waals surface area contributed by atoms with E-state index in [0.29, 0.717) is 18.7 Å². The van der Waals surface area contributed by atoms with Gasteiger partial charge in [-0.25, -0.2) is 9.78 Å². The summed E-state index contributed by atoms with van der Waals surface area (Å²) in [6.45, 7) is 0. The van der Waals surface area contributed by atoms with Gasteiger partial charge in [-0.1, -0.05) is 6.07 Å². The number of carbonyl (C=O) groups is 2. The van der Waals surface area contributed by atoms with Gasteiger partial charge in [-0.3, -0.25) is 4.79 Å². The van der Waals surface area contributed by atoms with E-state index in [9.17, 15) is 9.59 Å². The Morgan fingerprint density at radius 3 is 2.93 bits per heavy atom. The highest BCUT2D eigenvalue weighted by atomic mass is 16.4. The molecule has 5 heteroatoms. The third-order valence-electron chi connectivity index (χ3n) is 2.08. The van der Waals surface area contributed by atoms with Crippen LogP contribution in [-0.2, 0) is 11.2 Å². The summed E-state index contributed by atoms with van der Waals surface area (Å²) >= 11 is 0. The standard InChI is InChI=1S/C9H8N2O3/c12-7-4-2-5-1-3-6(9(13)14)10-8(5)11-7/h1,3H,2,4H2,(H,13,14)(H,10,11,12). The summed E-state index contributed by atoms with van der Waals surface area (Å²) in [5, 5.41) is 11.2. The second-order valence-electron chi connectivity index (χ2n) is 3.06. The molecule has 1 aromatic rings. The number of fused-ring (bicyclic) bond motifs is 1. The number of aryl methyl sites for hydroxylation is 1. The molecule has 0 fully saturated rings. The molecular formula is C9H8N2O3. The minimum atomic E-state index is -1.09. The molecule has 2 rings (SSSR count). The number of amides is 1. The van der Waals surface area contributed by atoms with Gasteiger partial charge in [-0.05, 0) is 18.1 Å². The fourth-order valence-electron chi connectivity index (χ4n) is 1.36. The molecular weight excluding hydrogens is 184 g/mol. The molecule has 0 spiro atoms. The van der Waals surface area contributed by atoms with Crippen molar-refractivity contribution in [2.45, 2.75) is 12.8 Å². The van der Waals surface area contributed by atoms with E-state index in [1.807, 2.05) is 0 Å². The van der Waals surface area contributed by atoms with Crippen LogP contribution in [0.4, 0.5) is 5.82 Å². The van der Waals surface area contributed by atoms with Crippen LogP contribution in [-0.4, -0.2) is 22.0 Å². The lowest BCUT2D eigenvalue weighted by Crippen LogP contribution is -2.21. The molecule has 0 saturated carbocycles. The highest BCUT2D eigenvalue weighted by molar-refractivity contribution is 5.94. The summed E-state index contributed by atoms with van der Waals surface area (Å²) in [4.78, 5) is 25.4. The summed E-state index contributed by atoms with van der Waals surface area (Å²) in [6.07, 6.45) is 1.05. The van der Waals surface area contributed by atoms with Crippen LogP contribution in [0, 0.1) is 0 Å². The van der Waals surface area contributed by atoms with E-state index in [-0.39, 0.29) is 11.6 Å². The van der Waals surface area contributed by atoms with Crippen LogP contribution >= 0.6 is 0 Å². The zero-order valence-electron chi connectivity index (χ0n) is 7.28. The maximum atomic E-state index is 11.0. The summed E-state index contributed by atoms with van der Waals surface area (Å²) in [5.74, 6) is -0.832. The quantitative estimate of drug-likeness (QED) is 0.685. The largest absolute Gasteiger partial charge is 0.477 e. The third kappa shape index (κ3) is 1.44. The normalized spacial score (nSPS) is 14.4. The third-order valence-corrected chi connectivity index (χ3v) is 2.08. The SMILES string of the molecule is O=C1CCc2ccc(C(=O)O)nc2N1. The Bertz CT molecular complexity index is 415.